The molecule has 3 rings (SSSR count). The van der Waals surface area contributed by atoms with Gasteiger partial charge >= 0.3 is 0 Å². The van der Waals surface area contributed by atoms with Crippen LogP contribution in [0, 0.1) is 0 Å². The fourth-order valence-corrected chi connectivity index (χ4v) is 2.32. The van der Waals surface area contributed by atoms with Crippen LogP contribution in [0.15, 0.2) is 42.9 Å². The molecule has 1 N–H and O–H groups in total. The van der Waals surface area contributed by atoms with Crippen molar-refractivity contribution in [3.05, 3.63) is 48.5 Å². The van der Waals surface area contributed by atoms with Crippen LogP contribution in [0.2, 0.25) is 0 Å². The Morgan fingerprint density at radius 2 is 1.95 bits per heavy atom. The maximum atomic E-state index is 4.40. The van der Waals surface area contributed by atoms with E-state index in [0.717, 1.165) is 17.3 Å². The lowest BCUT2D eigenvalue weighted by Crippen LogP contribution is -2.15. The molecule has 3 aromatic rings. The van der Waals surface area contributed by atoms with Crippen LogP contribution in [0.3, 0.4) is 0 Å². The van der Waals surface area contributed by atoms with Crippen LogP contribution >= 0.6 is 0 Å². The molecule has 2 heterocycles. The average molecular weight is 297 g/mol. The molecule has 0 spiro atoms. The smallest absolute Gasteiger partial charge is 0.229 e. The Bertz CT molecular complexity index is 742. The minimum atomic E-state index is 0.628. The minimum absolute atomic E-state index is 0.628. The van der Waals surface area contributed by atoms with E-state index in [1.807, 2.05) is 67.1 Å². The first-order valence-electron chi connectivity index (χ1n) is 7.04. The third-order valence-corrected chi connectivity index (χ3v) is 3.47. The van der Waals surface area contributed by atoms with Gasteiger partial charge in [0.2, 0.25) is 11.9 Å². The largest absolute Gasteiger partial charge is 0.348 e. The minimum Gasteiger partial charge on any atom is -0.348 e. The van der Waals surface area contributed by atoms with Gasteiger partial charge < -0.3 is 14.8 Å². The molecule has 0 unspecified atom stereocenters. The maximum Gasteiger partial charge on any atom is 0.229 e. The second-order valence-electron chi connectivity index (χ2n) is 5.22. The van der Waals surface area contributed by atoms with Crippen LogP contribution in [0.5, 0.6) is 0 Å². The van der Waals surface area contributed by atoms with Crippen molar-refractivity contribution in [3.8, 4) is 5.69 Å². The second kappa shape index (κ2) is 5.88. The van der Waals surface area contributed by atoms with Crippen molar-refractivity contribution in [2.75, 3.05) is 24.3 Å². The highest BCUT2D eigenvalue weighted by atomic mass is 15.3. The average Bonchev–Trinajstić information content (AvgIpc) is 3.12. The van der Waals surface area contributed by atoms with Gasteiger partial charge in [0.05, 0.1) is 24.1 Å². The van der Waals surface area contributed by atoms with Crippen LogP contribution in [0.4, 0.5) is 11.9 Å². The van der Waals surface area contributed by atoms with Crippen molar-refractivity contribution < 1.29 is 0 Å². The van der Waals surface area contributed by atoms with Crippen molar-refractivity contribution in [2.45, 2.75) is 6.54 Å². The molecule has 0 fully saturated rings. The number of benzene rings is 1. The molecular formula is C15H19N7. The number of aromatic nitrogens is 5. The zero-order valence-electron chi connectivity index (χ0n) is 12.9. The number of nitrogens with one attached hydrogen (secondary N) is 1. The van der Waals surface area contributed by atoms with Gasteiger partial charge in [0.25, 0.3) is 0 Å². The Morgan fingerprint density at radius 3 is 2.64 bits per heavy atom. The fourth-order valence-electron chi connectivity index (χ4n) is 2.32. The molecule has 2 aromatic heterocycles. The number of nitrogens with zero attached hydrogens (tertiary/aromatic N) is 6. The summed E-state index contributed by atoms with van der Waals surface area (Å²) in [5, 5.41) is 11.4. The third kappa shape index (κ3) is 2.65. The van der Waals surface area contributed by atoms with E-state index in [9.17, 15) is 0 Å². The highest BCUT2D eigenvalue weighted by molar-refractivity contribution is 5.41. The topological polar surface area (TPSA) is 63.8 Å². The fraction of sp³-hybridized carbons (Fsp3) is 0.267. The summed E-state index contributed by atoms with van der Waals surface area (Å²) in [6.45, 7) is 0.628. The number of hydrogen-bond acceptors (Lipinski definition) is 5. The van der Waals surface area contributed by atoms with Crippen LogP contribution in [0.25, 0.3) is 5.69 Å². The lowest BCUT2D eigenvalue weighted by molar-refractivity contribution is 0.809. The van der Waals surface area contributed by atoms with E-state index in [0.29, 0.717) is 12.5 Å². The van der Waals surface area contributed by atoms with E-state index in [2.05, 4.69) is 25.1 Å². The van der Waals surface area contributed by atoms with Gasteiger partial charge in [-0.15, -0.1) is 10.2 Å². The highest BCUT2D eigenvalue weighted by Gasteiger charge is 2.10. The summed E-state index contributed by atoms with van der Waals surface area (Å²) in [7, 11) is 5.96. The molecule has 7 nitrogen and oxygen atoms in total. The van der Waals surface area contributed by atoms with E-state index >= 15 is 0 Å². The highest BCUT2D eigenvalue weighted by Crippen LogP contribution is 2.15. The van der Waals surface area contributed by atoms with Crippen LogP contribution in [-0.2, 0) is 13.6 Å². The molecule has 0 aliphatic heterocycles. The first-order valence-corrected chi connectivity index (χ1v) is 7.04. The van der Waals surface area contributed by atoms with Crippen molar-refractivity contribution in [3.63, 3.8) is 0 Å². The Labute approximate surface area is 129 Å². The summed E-state index contributed by atoms with van der Waals surface area (Å²) >= 11 is 0. The number of para-hydroxylation sites is 1. The summed E-state index contributed by atoms with van der Waals surface area (Å²) < 4.78 is 3.97. The van der Waals surface area contributed by atoms with Crippen molar-refractivity contribution >= 4 is 11.9 Å². The Morgan fingerprint density at radius 1 is 1.18 bits per heavy atom. The molecule has 0 amide bonds. The van der Waals surface area contributed by atoms with Gasteiger partial charge in [-0.3, -0.25) is 4.57 Å². The predicted octanol–water partition coefficient (Wildman–Crippen LogP) is 1.68. The number of rotatable bonds is 5. The van der Waals surface area contributed by atoms with Gasteiger partial charge in [0.15, 0.2) is 0 Å². The molecule has 22 heavy (non-hydrogen) atoms. The SMILES string of the molecule is CN(C)c1ncc(CNc2nncn2-c2ccccc2)n1C. The van der Waals surface area contributed by atoms with Gasteiger partial charge in [-0.05, 0) is 12.1 Å². The first-order chi connectivity index (χ1) is 10.7. The van der Waals surface area contributed by atoms with Crippen molar-refractivity contribution in [1.29, 1.82) is 0 Å². The zero-order valence-corrected chi connectivity index (χ0v) is 12.9. The molecule has 0 atom stereocenters. The molecule has 0 bridgehead atoms. The van der Waals surface area contributed by atoms with Gasteiger partial charge in [-0.1, -0.05) is 18.2 Å². The first kappa shape index (κ1) is 14.1. The Hall–Kier alpha value is -2.83. The normalized spacial score (nSPS) is 10.7. The monoisotopic (exact) mass is 297 g/mol. The standard InChI is InChI=1S/C15H19N7/c1-20(2)15-17-10-13(21(15)3)9-16-14-19-18-11-22(14)12-7-5-4-6-8-12/h4-8,10-11H,9H2,1-3H3,(H,16,19). The number of hydrogen-bond donors (Lipinski definition) is 1. The van der Waals surface area contributed by atoms with E-state index < -0.39 is 0 Å². The lowest BCUT2D eigenvalue weighted by atomic mass is 10.3. The summed E-state index contributed by atoms with van der Waals surface area (Å²) in [4.78, 5) is 6.38. The summed E-state index contributed by atoms with van der Waals surface area (Å²) in [5.41, 5.74) is 2.10. The Balaban J connectivity index is 1.77. The van der Waals surface area contributed by atoms with Gasteiger partial charge in [-0.25, -0.2) is 4.98 Å². The van der Waals surface area contributed by atoms with Crippen LogP contribution in [0.1, 0.15) is 5.69 Å². The van der Waals surface area contributed by atoms with E-state index in [-0.39, 0.29) is 0 Å². The predicted molar refractivity (Wildman–Crippen MR) is 86.2 cm³/mol. The molecule has 0 saturated carbocycles. The molecular weight excluding hydrogens is 278 g/mol. The van der Waals surface area contributed by atoms with E-state index in [4.69, 9.17) is 0 Å². The van der Waals surface area contributed by atoms with Crippen molar-refractivity contribution in [2.24, 2.45) is 7.05 Å². The second-order valence-corrected chi connectivity index (χ2v) is 5.22. The van der Waals surface area contributed by atoms with E-state index in [1.165, 1.54) is 0 Å². The molecule has 7 heteroatoms. The third-order valence-electron chi connectivity index (χ3n) is 3.47. The van der Waals surface area contributed by atoms with Crippen molar-refractivity contribution in [1.82, 2.24) is 24.3 Å². The Kier molecular flexibility index (Phi) is 3.78. The quantitative estimate of drug-likeness (QED) is 0.776. The molecule has 114 valence electrons. The zero-order chi connectivity index (χ0) is 15.5. The van der Waals surface area contributed by atoms with E-state index in [1.54, 1.807) is 6.33 Å². The summed E-state index contributed by atoms with van der Waals surface area (Å²) in [6, 6.07) is 10.00. The molecule has 0 aliphatic carbocycles. The molecule has 0 aliphatic rings. The maximum absolute atomic E-state index is 4.40. The molecule has 1 aromatic carbocycles. The molecule has 0 saturated heterocycles. The number of imidazole rings is 1. The molecule has 0 radical (unpaired) electrons. The summed E-state index contributed by atoms with van der Waals surface area (Å²) in [5.74, 6) is 1.63. The number of anilines is 2. The van der Waals surface area contributed by atoms with Crippen LogP contribution < -0.4 is 10.2 Å². The summed E-state index contributed by atoms with van der Waals surface area (Å²) in [6.07, 6.45) is 3.57. The van der Waals surface area contributed by atoms with Crippen LogP contribution in [-0.4, -0.2) is 38.4 Å². The lowest BCUT2D eigenvalue weighted by Gasteiger charge is -2.13. The van der Waals surface area contributed by atoms with Gasteiger partial charge in [-0.2, -0.15) is 0 Å². The van der Waals surface area contributed by atoms with Gasteiger partial charge in [0.1, 0.15) is 6.33 Å². The van der Waals surface area contributed by atoms with Gasteiger partial charge in [0, 0.05) is 21.1 Å².